The Morgan fingerprint density at radius 2 is 1.97 bits per heavy atom. The summed E-state index contributed by atoms with van der Waals surface area (Å²) in [6.45, 7) is 5.18. The second-order valence-corrected chi connectivity index (χ2v) is 8.02. The van der Waals surface area contributed by atoms with Gasteiger partial charge in [0.2, 0.25) is 0 Å². The highest BCUT2D eigenvalue weighted by Crippen LogP contribution is 2.44. The van der Waals surface area contributed by atoms with E-state index in [0.717, 1.165) is 12.5 Å². The number of piperidine rings is 1. The number of nitrogens with zero attached hydrogens (tertiary/aromatic N) is 2. The predicted octanol–water partition coefficient (Wildman–Crippen LogP) is 4.90. The summed E-state index contributed by atoms with van der Waals surface area (Å²) in [6, 6.07) is 2.85. The number of nitro groups is 1. The van der Waals surface area contributed by atoms with E-state index in [-0.39, 0.29) is 11.1 Å². The lowest BCUT2D eigenvalue weighted by molar-refractivity contribution is -0.385. The molecule has 0 aromatic heterocycles. The molecule has 0 saturated carbocycles. The van der Waals surface area contributed by atoms with E-state index in [1.165, 1.54) is 6.07 Å². The van der Waals surface area contributed by atoms with Crippen molar-refractivity contribution in [3.8, 4) is 0 Å². The average Bonchev–Trinajstić information content (AvgIpc) is 2.60. The Kier molecular flexibility index (Phi) is 6.97. The summed E-state index contributed by atoms with van der Waals surface area (Å²) in [5.74, 6) is 0.372. The molecule has 1 aliphatic rings. The third-order valence-electron chi connectivity index (χ3n) is 5.43. The van der Waals surface area contributed by atoms with Crippen molar-refractivity contribution in [2.75, 3.05) is 24.5 Å². The molecule has 1 aromatic carbocycles. The molecule has 1 aliphatic heterocycles. The summed E-state index contributed by atoms with van der Waals surface area (Å²) in [7, 11) is 0. The van der Waals surface area contributed by atoms with E-state index in [2.05, 4.69) is 19.2 Å². The van der Waals surface area contributed by atoms with E-state index in [9.17, 15) is 28.1 Å². The van der Waals surface area contributed by atoms with Crippen molar-refractivity contribution >= 4 is 17.5 Å². The average molecular weight is 417 g/mol. The van der Waals surface area contributed by atoms with Gasteiger partial charge in [0.15, 0.2) is 0 Å². The molecule has 1 aromatic rings. The van der Waals surface area contributed by atoms with Gasteiger partial charge in [-0.1, -0.05) is 13.8 Å². The number of non-ortho nitro benzene ring substituents is 1. The largest absolute Gasteiger partial charge is 0.465 e. The molecule has 0 unspecified atom stereocenters. The first-order valence-electron chi connectivity index (χ1n) is 9.51. The Hall–Kier alpha value is -2.52. The number of hydrogen-bond donors (Lipinski definition) is 2. The minimum atomic E-state index is -4.70. The highest BCUT2D eigenvalue weighted by atomic mass is 19.4. The SMILES string of the molecule is CC(C)CC1(CCNC(=O)O)CCN(c2ccc([N+](=O)[O-])cc2C(F)(F)F)CC1. The maximum absolute atomic E-state index is 13.5. The zero-order valence-electron chi connectivity index (χ0n) is 16.5. The van der Waals surface area contributed by atoms with E-state index < -0.39 is 28.4 Å². The molecule has 2 rings (SSSR count). The van der Waals surface area contributed by atoms with Crippen molar-refractivity contribution in [2.45, 2.75) is 45.7 Å². The summed E-state index contributed by atoms with van der Waals surface area (Å²) in [5.41, 5.74) is -1.79. The van der Waals surface area contributed by atoms with Gasteiger partial charge < -0.3 is 15.3 Å². The number of amides is 1. The summed E-state index contributed by atoms with van der Waals surface area (Å²) in [5, 5.41) is 22.0. The number of carboxylic acid groups (broad SMARTS) is 1. The van der Waals surface area contributed by atoms with Gasteiger partial charge in [-0.2, -0.15) is 13.2 Å². The second-order valence-electron chi connectivity index (χ2n) is 8.02. The topological polar surface area (TPSA) is 95.7 Å². The van der Waals surface area contributed by atoms with Crippen molar-refractivity contribution < 1.29 is 28.0 Å². The molecule has 29 heavy (non-hydrogen) atoms. The number of nitro benzene ring substituents is 1. The van der Waals surface area contributed by atoms with Gasteiger partial charge >= 0.3 is 12.3 Å². The Morgan fingerprint density at radius 1 is 1.34 bits per heavy atom. The van der Waals surface area contributed by atoms with Crippen LogP contribution in [0.2, 0.25) is 0 Å². The number of anilines is 1. The Bertz CT molecular complexity index is 745. The maximum Gasteiger partial charge on any atom is 0.418 e. The van der Waals surface area contributed by atoms with Gasteiger partial charge in [0.1, 0.15) is 0 Å². The van der Waals surface area contributed by atoms with Gasteiger partial charge in [-0.05, 0) is 43.1 Å². The fraction of sp³-hybridized carbons (Fsp3) is 0.632. The van der Waals surface area contributed by atoms with E-state index >= 15 is 0 Å². The first-order valence-corrected chi connectivity index (χ1v) is 9.51. The van der Waals surface area contributed by atoms with Crippen LogP contribution in [0.4, 0.5) is 29.3 Å². The number of benzene rings is 1. The fourth-order valence-corrected chi connectivity index (χ4v) is 4.22. The summed E-state index contributed by atoms with van der Waals surface area (Å²) in [6.07, 6.45) is -3.06. The molecule has 10 heteroatoms. The van der Waals surface area contributed by atoms with Crippen LogP contribution >= 0.6 is 0 Å². The molecule has 1 saturated heterocycles. The Morgan fingerprint density at radius 3 is 2.45 bits per heavy atom. The van der Waals surface area contributed by atoms with E-state index in [0.29, 0.717) is 50.9 Å². The lowest BCUT2D eigenvalue weighted by Crippen LogP contribution is -2.43. The fourth-order valence-electron chi connectivity index (χ4n) is 4.22. The molecule has 0 radical (unpaired) electrons. The number of rotatable bonds is 7. The molecule has 0 atom stereocenters. The highest BCUT2D eigenvalue weighted by molar-refractivity contribution is 5.64. The highest BCUT2D eigenvalue weighted by Gasteiger charge is 2.40. The third-order valence-corrected chi connectivity index (χ3v) is 5.43. The van der Waals surface area contributed by atoms with Crippen LogP contribution < -0.4 is 10.2 Å². The van der Waals surface area contributed by atoms with Gasteiger partial charge in [0, 0.05) is 37.5 Å². The van der Waals surface area contributed by atoms with E-state index in [1.807, 2.05) is 0 Å². The number of hydrogen-bond acceptors (Lipinski definition) is 4. The van der Waals surface area contributed by atoms with Crippen molar-refractivity contribution in [1.82, 2.24) is 5.32 Å². The molecule has 1 fully saturated rings. The summed E-state index contributed by atoms with van der Waals surface area (Å²) >= 11 is 0. The van der Waals surface area contributed by atoms with Crippen molar-refractivity contribution in [1.29, 1.82) is 0 Å². The smallest absolute Gasteiger partial charge is 0.418 e. The molecule has 162 valence electrons. The normalized spacial score (nSPS) is 16.7. The standard InChI is InChI=1S/C19H26F3N3O4/c1-13(2)12-18(5-8-23-17(26)27)6-9-24(10-7-18)16-4-3-14(25(28)29)11-15(16)19(20,21)22/h3-4,11,13,23H,5-10,12H2,1-2H3,(H,26,27). The third kappa shape index (κ3) is 5.98. The summed E-state index contributed by atoms with van der Waals surface area (Å²) in [4.78, 5) is 22.4. The zero-order valence-corrected chi connectivity index (χ0v) is 16.5. The minimum absolute atomic E-state index is 0.0510. The van der Waals surface area contributed by atoms with Crippen LogP contribution in [0.1, 0.15) is 45.1 Å². The molecule has 0 bridgehead atoms. The van der Waals surface area contributed by atoms with Gasteiger partial charge in [0.25, 0.3) is 5.69 Å². The van der Waals surface area contributed by atoms with E-state index in [1.54, 1.807) is 4.90 Å². The van der Waals surface area contributed by atoms with Crippen LogP contribution in [0.25, 0.3) is 0 Å². The summed E-state index contributed by atoms with van der Waals surface area (Å²) < 4.78 is 40.5. The van der Waals surface area contributed by atoms with Crippen molar-refractivity contribution in [3.63, 3.8) is 0 Å². The molecule has 1 heterocycles. The van der Waals surface area contributed by atoms with Crippen molar-refractivity contribution in [3.05, 3.63) is 33.9 Å². The van der Waals surface area contributed by atoms with Gasteiger partial charge in [-0.25, -0.2) is 4.79 Å². The van der Waals surface area contributed by atoms with Crippen LogP contribution in [-0.2, 0) is 6.18 Å². The molecule has 1 amide bonds. The number of halogens is 3. The van der Waals surface area contributed by atoms with Gasteiger partial charge in [-0.15, -0.1) is 0 Å². The van der Waals surface area contributed by atoms with Crippen LogP contribution in [0.5, 0.6) is 0 Å². The van der Waals surface area contributed by atoms with Gasteiger partial charge in [-0.3, -0.25) is 10.1 Å². The molecule has 7 nitrogen and oxygen atoms in total. The maximum atomic E-state index is 13.5. The Labute approximate surface area is 167 Å². The number of nitrogens with one attached hydrogen (secondary N) is 1. The number of carbonyl (C=O) groups is 1. The predicted molar refractivity (Wildman–Crippen MR) is 102 cm³/mol. The first kappa shape index (κ1) is 22.8. The van der Waals surface area contributed by atoms with Crippen LogP contribution in [0.3, 0.4) is 0 Å². The van der Waals surface area contributed by atoms with Crippen LogP contribution in [0.15, 0.2) is 18.2 Å². The quantitative estimate of drug-likeness (QED) is 0.486. The Balaban J connectivity index is 2.21. The minimum Gasteiger partial charge on any atom is -0.465 e. The van der Waals surface area contributed by atoms with E-state index in [4.69, 9.17) is 5.11 Å². The van der Waals surface area contributed by atoms with Crippen LogP contribution in [0, 0.1) is 21.4 Å². The lowest BCUT2D eigenvalue weighted by Gasteiger charge is -2.44. The second kappa shape index (κ2) is 8.87. The molecular formula is C19H26F3N3O4. The monoisotopic (exact) mass is 417 g/mol. The molecule has 2 N–H and O–H groups in total. The molecule has 0 spiro atoms. The zero-order chi connectivity index (χ0) is 21.8. The number of alkyl halides is 3. The van der Waals surface area contributed by atoms with Gasteiger partial charge in [0.05, 0.1) is 10.5 Å². The first-order chi connectivity index (χ1) is 13.4. The van der Waals surface area contributed by atoms with Crippen LogP contribution in [-0.4, -0.2) is 35.8 Å². The van der Waals surface area contributed by atoms with Crippen molar-refractivity contribution in [2.24, 2.45) is 11.3 Å². The molecular weight excluding hydrogens is 391 g/mol. The molecule has 0 aliphatic carbocycles. The lowest BCUT2D eigenvalue weighted by atomic mass is 9.70.